The third kappa shape index (κ3) is 3.37. The molecular weight excluding hydrogens is 510 g/mol. The number of benzene rings is 6. The second kappa shape index (κ2) is 8.92. The standard InChI is InChI=1S/C39H25N3/c1-2-10-30(11-3-1)41-21-20-28-22-35-34-19-16-26-8-4-7-13-33(26)39(34)42(38(35)23-37(28)41)31-17-14-27(15-18-31)36-25-40-24-29-9-5-6-12-32(29)36/h1-25H. The molecule has 0 fully saturated rings. The Labute approximate surface area is 242 Å². The average molecular weight is 536 g/mol. The zero-order valence-electron chi connectivity index (χ0n) is 22.8. The van der Waals surface area contributed by atoms with E-state index in [1.807, 2.05) is 12.4 Å². The molecule has 0 bridgehead atoms. The van der Waals surface area contributed by atoms with Crippen LogP contribution >= 0.6 is 0 Å². The Morgan fingerprint density at radius 3 is 2.07 bits per heavy atom. The Morgan fingerprint density at radius 1 is 0.452 bits per heavy atom. The lowest BCUT2D eigenvalue weighted by molar-refractivity contribution is 1.13. The lowest BCUT2D eigenvalue weighted by Crippen LogP contribution is -1.96. The highest BCUT2D eigenvalue weighted by atomic mass is 15.0. The highest BCUT2D eigenvalue weighted by Crippen LogP contribution is 2.39. The van der Waals surface area contributed by atoms with E-state index in [4.69, 9.17) is 0 Å². The monoisotopic (exact) mass is 535 g/mol. The van der Waals surface area contributed by atoms with Crippen LogP contribution in [0, 0.1) is 0 Å². The van der Waals surface area contributed by atoms with Crippen molar-refractivity contribution in [2.45, 2.75) is 0 Å². The van der Waals surface area contributed by atoms with Gasteiger partial charge in [0.25, 0.3) is 0 Å². The quantitative estimate of drug-likeness (QED) is 0.221. The topological polar surface area (TPSA) is 22.8 Å². The smallest absolute Gasteiger partial charge is 0.0619 e. The largest absolute Gasteiger partial charge is 0.316 e. The second-order valence-corrected chi connectivity index (χ2v) is 10.9. The molecule has 0 radical (unpaired) electrons. The molecule has 0 spiro atoms. The third-order valence-electron chi connectivity index (χ3n) is 8.60. The lowest BCUT2D eigenvalue weighted by Gasteiger charge is -2.12. The van der Waals surface area contributed by atoms with Gasteiger partial charge in [-0.25, -0.2) is 0 Å². The fraction of sp³-hybridized carbons (Fsp3) is 0. The predicted molar refractivity (Wildman–Crippen MR) is 176 cm³/mol. The van der Waals surface area contributed by atoms with Crippen LogP contribution in [-0.4, -0.2) is 14.1 Å². The van der Waals surface area contributed by atoms with Gasteiger partial charge >= 0.3 is 0 Å². The van der Waals surface area contributed by atoms with Crippen molar-refractivity contribution in [3.8, 4) is 22.5 Å². The molecule has 9 rings (SSSR count). The Kier molecular flexibility index (Phi) is 4.90. The van der Waals surface area contributed by atoms with Crippen LogP contribution in [0.3, 0.4) is 0 Å². The maximum absolute atomic E-state index is 4.53. The van der Waals surface area contributed by atoms with Crippen LogP contribution in [-0.2, 0) is 0 Å². The molecule has 196 valence electrons. The van der Waals surface area contributed by atoms with Crippen molar-refractivity contribution in [1.29, 1.82) is 0 Å². The van der Waals surface area contributed by atoms with Crippen LogP contribution in [0.5, 0.6) is 0 Å². The van der Waals surface area contributed by atoms with E-state index in [9.17, 15) is 0 Å². The van der Waals surface area contributed by atoms with Gasteiger partial charge in [0, 0.05) is 62.5 Å². The first kappa shape index (κ1) is 23.1. The average Bonchev–Trinajstić information content (AvgIpc) is 3.62. The Balaban J connectivity index is 1.33. The predicted octanol–water partition coefficient (Wildman–Crippen LogP) is 10.1. The van der Waals surface area contributed by atoms with Crippen LogP contribution < -0.4 is 0 Å². The van der Waals surface area contributed by atoms with Crippen LogP contribution in [0.4, 0.5) is 0 Å². The highest BCUT2D eigenvalue weighted by Gasteiger charge is 2.17. The van der Waals surface area contributed by atoms with E-state index in [1.54, 1.807) is 0 Å². The van der Waals surface area contributed by atoms with Crippen molar-refractivity contribution in [1.82, 2.24) is 14.1 Å². The number of hydrogen-bond donors (Lipinski definition) is 0. The first-order valence-corrected chi connectivity index (χ1v) is 14.3. The first-order valence-electron chi connectivity index (χ1n) is 14.3. The lowest BCUT2D eigenvalue weighted by atomic mass is 10.0. The minimum atomic E-state index is 1.14. The molecule has 3 heterocycles. The molecular formula is C39H25N3. The van der Waals surface area contributed by atoms with Crippen LogP contribution in [0.2, 0.25) is 0 Å². The van der Waals surface area contributed by atoms with Gasteiger partial charge in [-0.3, -0.25) is 4.98 Å². The van der Waals surface area contributed by atoms with Crippen molar-refractivity contribution in [3.05, 3.63) is 152 Å². The molecule has 0 saturated heterocycles. The summed E-state index contributed by atoms with van der Waals surface area (Å²) in [5.74, 6) is 0. The van der Waals surface area contributed by atoms with Gasteiger partial charge in [0.05, 0.1) is 16.6 Å². The van der Waals surface area contributed by atoms with Gasteiger partial charge in [-0.2, -0.15) is 0 Å². The summed E-state index contributed by atoms with van der Waals surface area (Å²) in [4.78, 5) is 4.53. The summed E-state index contributed by atoms with van der Waals surface area (Å²) in [5.41, 5.74) is 8.24. The third-order valence-corrected chi connectivity index (χ3v) is 8.60. The SMILES string of the molecule is c1ccc(-n2ccc3cc4c5ccc6ccccc6c5n(-c5ccc(-c6cncc7ccccc67)cc5)c4cc32)cc1. The molecule has 0 unspecified atom stereocenters. The molecule has 0 saturated carbocycles. The number of aromatic nitrogens is 3. The van der Waals surface area contributed by atoms with Crippen LogP contribution in [0.15, 0.2) is 152 Å². The zero-order valence-corrected chi connectivity index (χ0v) is 22.8. The molecule has 0 aliphatic rings. The van der Waals surface area contributed by atoms with Gasteiger partial charge in [0.1, 0.15) is 0 Å². The molecule has 0 aliphatic heterocycles. The van der Waals surface area contributed by atoms with Gasteiger partial charge in [-0.05, 0) is 58.8 Å². The van der Waals surface area contributed by atoms with Gasteiger partial charge in [-0.1, -0.05) is 91.0 Å². The number of nitrogens with zero attached hydrogens (tertiary/aromatic N) is 3. The highest BCUT2D eigenvalue weighted by molar-refractivity contribution is 6.20. The van der Waals surface area contributed by atoms with Gasteiger partial charge in [0.15, 0.2) is 0 Å². The maximum Gasteiger partial charge on any atom is 0.0619 e. The minimum absolute atomic E-state index is 1.14. The summed E-state index contributed by atoms with van der Waals surface area (Å²) in [5, 5.41) is 8.62. The molecule has 3 nitrogen and oxygen atoms in total. The van der Waals surface area contributed by atoms with Crippen LogP contribution in [0.25, 0.3) is 76.8 Å². The van der Waals surface area contributed by atoms with Crippen molar-refractivity contribution < 1.29 is 0 Å². The molecule has 6 aromatic carbocycles. The number of pyridine rings is 1. The van der Waals surface area contributed by atoms with Gasteiger partial charge < -0.3 is 9.13 Å². The molecule has 0 atom stereocenters. The Morgan fingerprint density at radius 2 is 1.21 bits per heavy atom. The molecule has 0 aliphatic carbocycles. The van der Waals surface area contributed by atoms with E-state index < -0.39 is 0 Å². The summed E-state index contributed by atoms with van der Waals surface area (Å²) in [6.07, 6.45) is 6.08. The normalized spacial score (nSPS) is 11.8. The van der Waals surface area contributed by atoms with Crippen molar-refractivity contribution in [2.75, 3.05) is 0 Å². The summed E-state index contributed by atoms with van der Waals surface area (Å²) in [6, 6.07) is 48.1. The van der Waals surface area contributed by atoms with Gasteiger partial charge in [-0.15, -0.1) is 0 Å². The van der Waals surface area contributed by atoms with Gasteiger partial charge in [0.2, 0.25) is 0 Å². The second-order valence-electron chi connectivity index (χ2n) is 10.9. The maximum atomic E-state index is 4.53. The van der Waals surface area contributed by atoms with E-state index >= 15 is 0 Å². The summed E-state index contributed by atoms with van der Waals surface area (Å²) >= 11 is 0. The number of hydrogen-bond acceptors (Lipinski definition) is 1. The molecule has 9 aromatic rings. The Hall–Kier alpha value is -5.67. The number of fused-ring (bicyclic) bond motifs is 7. The van der Waals surface area contributed by atoms with E-state index in [2.05, 4.69) is 154 Å². The summed E-state index contributed by atoms with van der Waals surface area (Å²) < 4.78 is 4.73. The van der Waals surface area contributed by atoms with E-state index in [-0.39, 0.29) is 0 Å². The zero-order chi connectivity index (χ0) is 27.6. The molecule has 0 amide bonds. The molecule has 42 heavy (non-hydrogen) atoms. The molecule has 3 heteroatoms. The Bertz CT molecular complexity index is 2440. The minimum Gasteiger partial charge on any atom is -0.316 e. The fourth-order valence-corrected chi connectivity index (χ4v) is 6.62. The van der Waals surface area contributed by atoms with Crippen molar-refractivity contribution >= 4 is 54.3 Å². The van der Waals surface area contributed by atoms with Crippen LogP contribution in [0.1, 0.15) is 0 Å². The first-order chi connectivity index (χ1) is 20.8. The summed E-state index contributed by atoms with van der Waals surface area (Å²) in [7, 11) is 0. The number of rotatable bonds is 3. The van der Waals surface area contributed by atoms with E-state index in [1.165, 1.54) is 48.9 Å². The van der Waals surface area contributed by atoms with Crippen molar-refractivity contribution in [3.63, 3.8) is 0 Å². The fourth-order valence-electron chi connectivity index (χ4n) is 6.62. The van der Waals surface area contributed by atoms with E-state index in [0.717, 1.165) is 27.9 Å². The number of para-hydroxylation sites is 1. The van der Waals surface area contributed by atoms with Crippen molar-refractivity contribution in [2.24, 2.45) is 0 Å². The van der Waals surface area contributed by atoms with E-state index in [0.29, 0.717) is 0 Å². The molecule has 0 N–H and O–H groups in total. The molecule has 3 aromatic heterocycles. The summed E-state index contributed by atoms with van der Waals surface area (Å²) in [6.45, 7) is 0.